The van der Waals surface area contributed by atoms with Crippen molar-refractivity contribution >= 4 is 23.5 Å². The number of hydrogen-bond donors (Lipinski definition) is 4. The number of rotatable bonds is 7. The van der Waals surface area contributed by atoms with E-state index in [0.717, 1.165) is 6.42 Å². The monoisotopic (exact) mass is 340 g/mol. The first-order valence-electron chi connectivity index (χ1n) is 8.22. The van der Waals surface area contributed by atoms with Gasteiger partial charge in [0, 0.05) is 18.0 Å². The zero-order valence-electron chi connectivity index (χ0n) is 14.8. The molecule has 1 fully saturated rings. The second-order valence-corrected chi connectivity index (χ2v) is 7.08. The van der Waals surface area contributed by atoms with Gasteiger partial charge in [0.2, 0.25) is 17.6 Å². The highest BCUT2D eigenvalue weighted by Crippen LogP contribution is 2.18. The first kappa shape index (κ1) is 20.1. The summed E-state index contributed by atoms with van der Waals surface area (Å²) >= 11 is 0. The maximum Gasteiger partial charge on any atom is 0.290 e. The van der Waals surface area contributed by atoms with Crippen molar-refractivity contribution in [2.75, 3.05) is 20.1 Å². The lowest BCUT2D eigenvalue weighted by atomic mass is 9.89. The van der Waals surface area contributed by atoms with Crippen LogP contribution in [0.15, 0.2) is 0 Å². The first-order valence-corrected chi connectivity index (χ1v) is 8.22. The molecule has 0 aromatic heterocycles. The number of Topliss-reactive ketones (excluding diaryl/α,β-unsaturated/α-hetero) is 1. The molecular weight excluding hydrogens is 312 g/mol. The molecule has 1 rings (SSSR count). The third-order valence-corrected chi connectivity index (χ3v) is 3.62. The maximum absolute atomic E-state index is 12.5. The van der Waals surface area contributed by atoms with Gasteiger partial charge in [-0.05, 0) is 47.1 Å². The van der Waals surface area contributed by atoms with Gasteiger partial charge in [-0.3, -0.25) is 19.2 Å². The van der Waals surface area contributed by atoms with Crippen molar-refractivity contribution in [2.24, 2.45) is 5.92 Å². The molecule has 0 saturated carbocycles. The van der Waals surface area contributed by atoms with E-state index in [1.807, 2.05) is 0 Å². The van der Waals surface area contributed by atoms with Crippen molar-refractivity contribution in [2.45, 2.75) is 51.6 Å². The molecule has 1 saturated heterocycles. The Hall–Kier alpha value is -1.96. The van der Waals surface area contributed by atoms with E-state index in [9.17, 15) is 19.2 Å². The smallest absolute Gasteiger partial charge is 0.290 e. The third kappa shape index (κ3) is 6.66. The van der Waals surface area contributed by atoms with Crippen molar-refractivity contribution < 1.29 is 19.2 Å². The van der Waals surface area contributed by atoms with Crippen molar-refractivity contribution in [3.8, 4) is 0 Å². The fourth-order valence-corrected chi connectivity index (χ4v) is 2.54. The van der Waals surface area contributed by atoms with Crippen molar-refractivity contribution in [1.29, 1.82) is 0 Å². The first-order chi connectivity index (χ1) is 11.1. The Balaban J connectivity index is 2.83. The molecule has 2 atom stereocenters. The van der Waals surface area contributed by atoms with Crippen LogP contribution in [0.1, 0.15) is 40.0 Å². The highest BCUT2D eigenvalue weighted by molar-refractivity contribution is 6.38. The molecule has 24 heavy (non-hydrogen) atoms. The van der Waals surface area contributed by atoms with Crippen LogP contribution < -0.4 is 21.3 Å². The Morgan fingerprint density at radius 2 is 1.96 bits per heavy atom. The summed E-state index contributed by atoms with van der Waals surface area (Å²) in [7, 11) is 1.61. The van der Waals surface area contributed by atoms with Crippen LogP contribution in [0, 0.1) is 5.92 Å². The van der Waals surface area contributed by atoms with Gasteiger partial charge in [0.25, 0.3) is 5.91 Å². The molecule has 136 valence electrons. The molecule has 0 bridgehead atoms. The van der Waals surface area contributed by atoms with E-state index in [-0.39, 0.29) is 24.8 Å². The van der Waals surface area contributed by atoms with Crippen molar-refractivity contribution in [3.05, 3.63) is 0 Å². The van der Waals surface area contributed by atoms with Crippen LogP contribution in [-0.4, -0.2) is 55.2 Å². The summed E-state index contributed by atoms with van der Waals surface area (Å²) in [6, 6.07) is -1.01. The summed E-state index contributed by atoms with van der Waals surface area (Å²) in [5.74, 6) is -2.40. The largest absolute Gasteiger partial charge is 0.356 e. The lowest BCUT2D eigenvalue weighted by molar-refractivity contribution is -0.141. The predicted molar refractivity (Wildman–Crippen MR) is 89.1 cm³/mol. The topological polar surface area (TPSA) is 116 Å². The minimum atomic E-state index is -1.01. The molecule has 8 heteroatoms. The number of ketones is 1. The van der Waals surface area contributed by atoms with Crippen LogP contribution in [0.3, 0.4) is 0 Å². The summed E-state index contributed by atoms with van der Waals surface area (Å²) in [6.07, 6.45) is 1.58. The number of amides is 3. The van der Waals surface area contributed by atoms with Gasteiger partial charge in [0.05, 0.1) is 12.6 Å². The Morgan fingerprint density at radius 1 is 1.29 bits per heavy atom. The Kier molecular flexibility index (Phi) is 7.34. The summed E-state index contributed by atoms with van der Waals surface area (Å²) in [5.41, 5.74) is -0.561. The molecule has 0 spiro atoms. The average molecular weight is 340 g/mol. The van der Waals surface area contributed by atoms with Crippen LogP contribution in [0.4, 0.5) is 0 Å². The molecule has 1 aliphatic heterocycles. The lowest BCUT2D eigenvalue weighted by Crippen LogP contribution is -2.54. The van der Waals surface area contributed by atoms with Gasteiger partial charge in [-0.2, -0.15) is 0 Å². The van der Waals surface area contributed by atoms with E-state index in [1.165, 1.54) is 0 Å². The molecular formula is C16H28N4O4. The Labute approximate surface area is 142 Å². The molecule has 2 unspecified atom stereocenters. The van der Waals surface area contributed by atoms with Crippen LogP contribution in [0.5, 0.6) is 0 Å². The van der Waals surface area contributed by atoms with Gasteiger partial charge < -0.3 is 21.3 Å². The number of piperidine rings is 1. The van der Waals surface area contributed by atoms with Gasteiger partial charge >= 0.3 is 0 Å². The highest BCUT2D eigenvalue weighted by Gasteiger charge is 2.33. The SMILES string of the molecule is CNCC(=O)NC(CC1CCCNC1=O)C(=O)C(=O)NC(C)(C)C. The van der Waals surface area contributed by atoms with Crippen LogP contribution in [-0.2, 0) is 19.2 Å². The highest BCUT2D eigenvalue weighted by atomic mass is 16.2. The van der Waals surface area contributed by atoms with E-state index >= 15 is 0 Å². The van der Waals surface area contributed by atoms with Crippen molar-refractivity contribution in [1.82, 2.24) is 21.3 Å². The quantitative estimate of drug-likeness (QED) is 0.448. The lowest BCUT2D eigenvalue weighted by Gasteiger charge is -2.27. The molecule has 0 aromatic carbocycles. The Bertz CT molecular complexity index is 499. The standard InChI is InChI=1S/C16H28N4O4/c1-16(2,3)20-15(24)13(22)11(19-12(21)9-17-4)8-10-6-5-7-18-14(10)23/h10-11,17H,5-9H2,1-4H3,(H,18,23)(H,19,21)(H,20,24). The molecule has 0 aromatic rings. The molecule has 1 aliphatic rings. The minimum absolute atomic E-state index is 0.0293. The molecule has 3 amide bonds. The fourth-order valence-electron chi connectivity index (χ4n) is 2.54. The van der Waals surface area contributed by atoms with E-state index < -0.39 is 29.2 Å². The second-order valence-electron chi connectivity index (χ2n) is 7.08. The predicted octanol–water partition coefficient (Wildman–Crippen LogP) is -0.909. The van der Waals surface area contributed by atoms with E-state index in [1.54, 1.807) is 27.8 Å². The number of carbonyl (C=O) groups excluding carboxylic acids is 4. The van der Waals surface area contributed by atoms with Gasteiger partial charge in [-0.1, -0.05) is 0 Å². The molecule has 0 radical (unpaired) electrons. The molecule has 1 heterocycles. The molecule has 8 nitrogen and oxygen atoms in total. The van der Waals surface area contributed by atoms with E-state index in [0.29, 0.717) is 13.0 Å². The second kappa shape index (κ2) is 8.77. The fraction of sp³-hybridized carbons (Fsp3) is 0.750. The van der Waals surface area contributed by atoms with Crippen LogP contribution in [0.25, 0.3) is 0 Å². The van der Waals surface area contributed by atoms with E-state index in [4.69, 9.17) is 0 Å². The van der Waals surface area contributed by atoms with Gasteiger partial charge in [0.15, 0.2) is 0 Å². The van der Waals surface area contributed by atoms with E-state index in [2.05, 4.69) is 21.3 Å². The zero-order valence-corrected chi connectivity index (χ0v) is 14.8. The zero-order chi connectivity index (χ0) is 18.3. The minimum Gasteiger partial charge on any atom is -0.356 e. The van der Waals surface area contributed by atoms with Gasteiger partial charge in [-0.25, -0.2) is 0 Å². The average Bonchev–Trinajstić information content (AvgIpc) is 2.46. The number of carbonyl (C=O) groups is 4. The normalized spacial score (nSPS) is 19.2. The van der Waals surface area contributed by atoms with Crippen LogP contribution in [0.2, 0.25) is 0 Å². The summed E-state index contributed by atoms with van der Waals surface area (Å²) in [5, 5.41) is 10.6. The number of hydrogen-bond acceptors (Lipinski definition) is 5. The number of nitrogens with one attached hydrogen (secondary N) is 4. The van der Waals surface area contributed by atoms with Crippen molar-refractivity contribution in [3.63, 3.8) is 0 Å². The Morgan fingerprint density at radius 3 is 2.50 bits per heavy atom. The molecule has 0 aliphatic carbocycles. The van der Waals surface area contributed by atoms with Gasteiger partial charge in [-0.15, -0.1) is 0 Å². The molecule has 4 N–H and O–H groups in total. The summed E-state index contributed by atoms with van der Waals surface area (Å²) in [4.78, 5) is 48.3. The van der Waals surface area contributed by atoms with Crippen LogP contribution >= 0.6 is 0 Å². The third-order valence-electron chi connectivity index (χ3n) is 3.62. The maximum atomic E-state index is 12.5. The van der Waals surface area contributed by atoms with Gasteiger partial charge in [0.1, 0.15) is 0 Å². The summed E-state index contributed by atoms with van der Waals surface area (Å²) < 4.78 is 0. The number of likely N-dealkylation sites (N-methyl/N-ethyl adjacent to an activating group) is 1. The summed E-state index contributed by atoms with van der Waals surface area (Å²) in [6.45, 7) is 5.94.